The Balaban J connectivity index is 2.01. The van der Waals surface area contributed by atoms with Crippen LogP contribution in [0.15, 0.2) is 42.5 Å². The van der Waals surface area contributed by atoms with Crippen molar-refractivity contribution in [3.05, 3.63) is 69.3 Å². The van der Waals surface area contributed by atoms with Gasteiger partial charge < -0.3 is 10.1 Å². The first-order valence-electron chi connectivity index (χ1n) is 7.61. The minimum Gasteiger partial charge on any atom is -0.449 e. The van der Waals surface area contributed by atoms with Crippen LogP contribution in [0, 0.1) is 24.0 Å². The zero-order valence-electron chi connectivity index (χ0n) is 14.1. The molecular weight excluding hydrogens is 324 g/mol. The van der Waals surface area contributed by atoms with E-state index in [0.717, 1.165) is 5.56 Å². The Bertz CT molecular complexity index is 815. The Labute approximate surface area is 144 Å². The van der Waals surface area contributed by atoms with Crippen molar-refractivity contribution in [1.82, 2.24) is 0 Å². The van der Waals surface area contributed by atoms with Gasteiger partial charge in [-0.15, -0.1) is 0 Å². The minimum atomic E-state index is -1.01. The van der Waals surface area contributed by atoms with E-state index in [1.807, 2.05) is 19.1 Å². The van der Waals surface area contributed by atoms with Gasteiger partial charge in [0.05, 0.1) is 10.5 Å². The molecule has 0 bridgehead atoms. The summed E-state index contributed by atoms with van der Waals surface area (Å²) in [4.78, 5) is 34.5. The second-order valence-corrected chi connectivity index (χ2v) is 5.66. The van der Waals surface area contributed by atoms with Gasteiger partial charge in [-0.05, 0) is 45.0 Å². The zero-order chi connectivity index (χ0) is 18.6. The first kappa shape index (κ1) is 18.1. The number of nitrogens with zero attached hydrogens (tertiary/aromatic N) is 1. The maximum absolute atomic E-state index is 12.1. The van der Waals surface area contributed by atoms with Gasteiger partial charge >= 0.3 is 5.97 Å². The third kappa shape index (κ3) is 4.63. The molecule has 0 fully saturated rings. The predicted octanol–water partition coefficient (Wildman–Crippen LogP) is 3.40. The Hall–Kier alpha value is -3.22. The van der Waals surface area contributed by atoms with Crippen LogP contribution >= 0.6 is 0 Å². The molecule has 0 spiro atoms. The van der Waals surface area contributed by atoms with Crippen LogP contribution in [-0.2, 0) is 9.53 Å². The SMILES string of the molecule is Cc1ccc(NC(=O)C(C)OC(=O)c2ccc([N+](=O)[O-])c(C)c2)cc1. The number of rotatable bonds is 5. The second kappa shape index (κ2) is 7.57. The quantitative estimate of drug-likeness (QED) is 0.510. The first-order chi connectivity index (χ1) is 11.8. The molecule has 1 amide bonds. The number of benzene rings is 2. The molecule has 0 radical (unpaired) electrons. The van der Waals surface area contributed by atoms with Gasteiger partial charge in [0.15, 0.2) is 6.10 Å². The molecule has 2 rings (SSSR count). The highest BCUT2D eigenvalue weighted by Gasteiger charge is 2.20. The van der Waals surface area contributed by atoms with Crippen molar-refractivity contribution >= 4 is 23.3 Å². The molecule has 2 aromatic carbocycles. The lowest BCUT2D eigenvalue weighted by Gasteiger charge is -2.14. The van der Waals surface area contributed by atoms with E-state index in [9.17, 15) is 19.7 Å². The third-order valence-electron chi connectivity index (χ3n) is 3.60. The third-order valence-corrected chi connectivity index (χ3v) is 3.60. The molecule has 1 unspecified atom stereocenters. The highest BCUT2D eigenvalue weighted by molar-refractivity contribution is 5.97. The number of esters is 1. The average molecular weight is 342 g/mol. The number of ether oxygens (including phenoxy) is 1. The molecule has 0 aromatic heterocycles. The number of carbonyl (C=O) groups excluding carboxylic acids is 2. The Kier molecular flexibility index (Phi) is 5.49. The van der Waals surface area contributed by atoms with Gasteiger partial charge in [0.1, 0.15) is 0 Å². The lowest BCUT2D eigenvalue weighted by atomic mass is 10.1. The van der Waals surface area contributed by atoms with Gasteiger partial charge in [-0.1, -0.05) is 17.7 Å². The second-order valence-electron chi connectivity index (χ2n) is 5.66. The highest BCUT2D eigenvalue weighted by atomic mass is 16.6. The largest absolute Gasteiger partial charge is 0.449 e. The molecule has 0 aliphatic heterocycles. The van der Waals surface area contributed by atoms with Gasteiger partial charge in [-0.2, -0.15) is 0 Å². The van der Waals surface area contributed by atoms with Crippen LogP contribution in [0.2, 0.25) is 0 Å². The van der Waals surface area contributed by atoms with Crippen molar-refractivity contribution in [3.8, 4) is 0 Å². The van der Waals surface area contributed by atoms with Crippen LogP contribution < -0.4 is 5.32 Å². The molecule has 7 heteroatoms. The van der Waals surface area contributed by atoms with Crippen molar-refractivity contribution in [2.45, 2.75) is 26.9 Å². The maximum atomic E-state index is 12.1. The summed E-state index contributed by atoms with van der Waals surface area (Å²) in [5.41, 5.74) is 2.08. The Morgan fingerprint density at radius 2 is 1.76 bits per heavy atom. The van der Waals surface area contributed by atoms with Crippen LogP contribution in [0.25, 0.3) is 0 Å². The Morgan fingerprint density at radius 3 is 2.32 bits per heavy atom. The molecule has 1 atom stereocenters. The number of nitro groups is 1. The molecule has 0 saturated heterocycles. The maximum Gasteiger partial charge on any atom is 0.338 e. The van der Waals surface area contributed by atoms with Gasteiger partial charge in [0.2, 0.25) is 0 Å². The fourth-order valence-corrected chi connectivity index (χ4v) is 2.15. The van der Waals surface area contributed by atoms with Crippen molar-refractivity contribution in [1.29, 1.82) is 0 Å². The summed E-state index contributed by atoms with van der Waals surface area (Å²) in [5, 5.41) is 13.5. The average Bonchev–Trinajstić information content (AvgIpc) is 2.56. The normalized spacial score (nSPS) is 11.5. The fraction of sp³-hybridized carbons (Fsp3) is 0.222. The summed E-state index contributed by atoms with van der Waals surface area (Å²) in [6.07, 6.45) is -1.01. The number of carbonyl (C=O) groups is 2. The summed E-state index contributed by atoms with van der Waals surface area (Å²) >= 11 is 0. The fourth-order valence-electron chi connectivity index (χ4n) is 2.15. The van der Waals surface area contributed by atoms with Crippen LogP contribution in [0.1, 0.15) is 28.4 Å². The van der Waals surface area contributed by atoms with Crippen LogP contribution in [0.5, 0.6) is 0 Å². The smallest absolute Gasteiger partial charge is 0.338 e. The summed E-state index contributed by atoms with van der Waals surface area (Å²) in [6, 6.07) is 11.1. The molecule has 1 N–H and O–H groups in total. The van der Waals surface area contributed by atoms with E-state index in [-0.39, 0.29) is 11.3 Å². The van der Waals surface area contributed by atoms with E-state index in [1.165, 1.54) is 32.0 Å². The number of nitro benzene ring substituents is 1. The van der Waals surface area contributed by atoms with Crippen molar-refractivity contribution in [3.63, 3.8) is 0 Å². The van der Waals surface area contributed by atoms with Gasteiger partial charge in [-0.3, -0.25) is 14.9 Å². The molecule has 0 saturated carbocycles. The Morgan fingerprint density at radius 1 is 1.12 bits per heavy atom. The van der Waals surface area contributed by atoms with E-state index in [2.05, 4.69) is 5.32 Å². The summed E-state index contributed by atoms with van der Waals surface area (Å²) in [7, 11) is 0. The lowest BCUT2D eigenvalue weighted by Crippen LogP contribution is -2.30. The molecule has 25 heavy (non-hydrogen) atoms. The van der Waals surface area contributed by atoms with Crippen LogP contribution in [-0.4, -0.2) is 22.9 Å². The lowest BCUT2D eigenvalue weighted by molar-refractivity contribution is -0.385. The van der Waals surface area contributed by atoms with Crippen LogP contribution in [0.4, 0.5) is 11.4 Å². The van der Waals surface area contributed by atoms with Crippen LogP contribution in [0.3, 0.4) is 0 Å². The van der Waals surface area contributed by atoms with Gasteiger partial charge in [-0.25, -0.2) is 4.79 Å². The molecule has 2 aromatic rings. The number of hydrogen-bond donors (Lipinski definition) is 1. The molecule has 7 nitrogen and oxygen atoms in total. The summed E-state index contributed by atoms with van der Waals surface area (Å²) in [6.45, 7) is 4.92. The topological polar surface area (TPSA) is 98.5 Å². The van der Waals surface area contributed by atoms with Crippen molar-refractivity contribution < 1.29 is 19.2 Å². The number of nitrogens with one attached hydrogen (secondary N) is 1. The van der Waals surface area contributed by atoms with E-state index < -0.39 is 22.9 Å². The molecular formula is C18H18N2O5. The van der Waals surface area contributed by atoms with Crippen molar-refractivity contribution in [2.75, 3.05) is 5.32 Å². The number of hydrogen-bond acceptors (Lipinski definition) is 5. The monoisotopic (exact) mass is 342 g/mol. The van der Waals surface area contributed by atoms with E-state index in [4.69, 9.17) is 4.74 Å². The molecule has 130 valence electrons. The molecule has 0 aliphatic rings. The standard InChI is InChI=1S/C18H18N2O5/c1-11-4-7-15(8-5-11)19-17(21)13(3)25-18(22)14-6-9-16(20(23)24)12(2)10-14/h4-10,13H,1-3H3,(H,19,21). The number of anilines is 1. The molecule has 0 heterocycles. The summed E-state index contributed by atoms with van der Waals surface area (Å²) < 4.78 is 5.13. The number of aryl methyl sites for hydroxylation is 2. The highest BCUT2D eigenvalue weighted by Crippen LogP contribution is 2.19. The molecule has 0 aliphatic carbocycles. The van der Waals surface area contributed by atoms with Gasteiger partial charge in [0, 0.05) is 17.3 Å². The minimum absolute atomic E-state index is 0.0817. The zero-order valence-corrected chi connectivity index (χ0v) is 14.1. The van der Waals surface area contributed by atoms with E-state index in [1.54, 1.807) is 12.1 Å². The predicted molar refractivity (Wildman–Crippen MR) is 92.5 cm³/mol. The van der Waals surface area contributed by atoms with E-state index in [0.29, 0.717) is 11.3 Å². The van der Waals surface area contributed by atoms with Gasteiger partial charge in [0.25, 0.3) is 11.6 Å². The van der Waals surface area contributed by atoms with Crippen molar-refractivity contribution in [2.24, 2.45) is 0 Å². The first-order valence-corrected chi connectivity index (χ1v) is 7.61. The number of amides is 1. The summed E-state index contributed by atoms with van der Waals surface area (Å²) in [5.74, 6) is -1.18. The van der Waals surface area contributed by atoms with E-state index >= 15 is 0 Å².